The van der Waals surface area contributed by atoms with Crippen LogP contribution >= 0.6 is 11.6 Å². The van der Waals surface area contributed by atoms with Gasteiger partial charge in [-0.1, -0.05) is 6.07 Å². The lowest BCUT2D eigenvalue weighted by atomic mass is 10.0. The highest BCUT2D eigenvalue weighted by Crippen LogP contribution is 2.19. The van der Waals surface area contributed by atoms with E-state index in [9.17, 15) is 5.11 Å². The van der Waals surface area contributed by atoms with Gasteiger partial charge in [-0.3, -0.25) is 0 Å². The predicted octanol–water partition coefficient (Wildman–Crippen LogP) is 1.61. The number of fused-ring (bicyclic) bond motifs is 1. The van der Waals surface area contributed by atoms with Crippen LogP contribution in [0, 0.1) is 0 Å². The zero-order valence-corrected chi connectivity index (χ0v) is 8.65. The van der Waals surface area contributed by atoms with Crippen molar-refractivity contribution in [1.82, 2.24) is 14.6 Å². The van der Waals surface area contributed by atoms with Gasteiger partial charge >= 0.3 is 0 Å². The summed E-state index contributed by atoms with van der Waals surface area (Å²) in [5.41, 5.74) is 0.557. The maximum atomic E-state index is 9.76. The number of rotatable bonds is 1. The summed E-state index contributed by atoms with van der Waals surface area (Å²) < 4.78 is 1.55. The Labute approximate surface area is 86.1 Å². The van der Waals surface area contributed by atoms with E-state index in [1.54, 1.807) is 36.7 Å². The van der Waals surface area contributed by atoms with Crippen molar-refractivity contribution in [3.05, 3.63) is 29.2 Å². The molecule has 2 heterocycles. The van der Waals surface area contributed by atoms with Gasteiger partial charge in [0, 0.05) is 11.8 Å². The van der Waals surface area contributed by atoms with Crippen LogP contribution < -0.4 is 0 Å². The standard InChI is InChI=1S/C9H10ClN3O/c1-9(2,14)6-3-4-7-11-8(10)12-13(7)5-6/h3-5,14H,1-2H3. The Morgan fingerprint density at radius 2 is 2.14 bits per heavy atom. The second-order valence-corrected chi connectivity index (χ2v) is 4.00. The van der Waals surface area contributed by atoms with Gasteiger partial charge in [-0.25, -0.2) is 4.52 Å². The third kappa shape index (κ3) is 1.58. The van der Waals surface area contributed by atoms with Crippen LogP contribution in [0.2, 0.25) is 5.28 Å². The molecule has 0 radical (unpaired) electrons. The first kappa shape index (κ1) is 9.43. The van der Waals surface area contributed by atoms with E-state index in [0.717, 1.165) is 5.56 Å². The van der Waals surface area contributed by atoms with Gasteiger partial charge in [0.2, 0.25) is 5.28 Å². The molecule has 5 heteroatoms. The van der Waals surface area contributed by atoms with Gasteiger partial charge in [-0.05, 0) is 31.5 Å². The van der Waals surface area contributed by atoms with Crippen molar-refractivity contribution in [2.75, 3.05) is 0 Å². The molecule has 0 aliphatic carbocycles. The van der Waals surface area contributed by atoms with Gasteiger partial charge in [0.25, 0.3) is 0 Å². The molecule has 0 fully saturated rings. The molecule has 2 rings (SSSR count). The molecular weight excluding hydrogens is 202 g/mol. The van der Waals surface area contributed by atoms with Crippen molar-refractivity contribution < 1.29 is 5.11 Å². The van der Waals surface area contributed by atoms with Crippen molar-refractivity contribution in [1.29, 1.82) is 0 Å². The molecule has 14 heavy (non-hydrogen) atoms. The van der Waals surface area contributed by atoms with Crippen LogP contribution in [0.4, 0.5) is 0 Å². The molecule has 1 N–H and O–H groups in total. The highest BCUT2D eigenvalue weighted by molar-refractivity contribution is 6.28. The van der Waals surface area contributed by atoms with Crippen LogP contribution in [0.1, 0.15) is 19.4 Å². The average molecular weight is 212 g/mol. The van der Waals surface area contributed by atoms with Gasteiger partial charge in [0.05, 0.1) is 5.60 Å². The molecule has 0 unspecified atom stereocenters. The summed E-state index contributed by atoms with van der Waals surface area (Å²) in [5, 5.41) is 13.9. The van der Waals surface area contributed by atoms with Crippen LogP contribution in [0.3, 0.4) is 0 Å². The van der Waals surface area contributed by atoms with Crippen LogP contribution in [0.5, 0.6) is 0 Å². The van der Waals surface area contributed by atoms with Gasteiger partial charge in [0.1, 0.15) is 0 Å². The largest absolute Gasteiger partial charge is 0.386 e. The minimum Gasteiger partial charge on any atom is -0.386 e. The molecule has 0 aromatic carbocycles. The Balaban J connectivity index is 2.62. The number of nitrogens with zero attached hydrogens (tertiary/aromatic N) is 3. The Bertz CT molecular complexity index is 472. The third-order valence-corrected chi connectivity index (χ3v) is 2.17. The summed E-state index contributed by atoms with van der Waals surface area (Å²) in [7, 11) is 0. The number of halogens is 1. The lowest BCUT2D eigenvalue weighted by Gasteiger charge is -2.16. The molecule has 74 valence electrons. The first-order valence-corrected chi connectivity index (χ1v) is 4.59. The lowest BCUT2D eigenvalue weighted by Crippen LogP contribution is -2.16. The fourth-order valence-corrected chi connectivity index (χ4v) is 1.39. The number of hydrogen-bond acceptors (Lipinski definition) is 3. The summed E-state index contributed by atoms with van der Waals surface area (Å²) in [6.45, 7) is 3.43. The molecule has 2 aromatic rings. The van der Waals surface area contributed by atoms with Crippen molar-refractivity contribution >= 4 is 17.2 Å². The minimum absolute atomic E-state index is 0.206. The molecule has 0 amide bonds. The quantitative estimate of drug-likeness (QED) is 0.780. The predicted molar refractivity (Wildman–Crippen MR) is 53.2 cm³/mol. The zero-order chi connectivity index (χ0) is 10.3. The normalized spacial score (nSPS) is 12.3. The van der Waals surface area contributed by atoms with Gasteiger partial charge < -0.3 is 5.11 Å². The van der Waals surface area contributed by atoms with E-state index in [0.29, 0.717) is 5.65 Å². The van der Waals surface area contributed by atoms with Crippen LogP contribution in [-0.4, -0.2) is 19.7 Å². The smallest absolute Gasteiger partial charge is 0.243 e. The van der Waals surface area contributed by atoms with Crippen molar-refractivity contribution in [3.63, 3.8) is 0 Å². The van der Waals surface area contributed by atoms with Crippen LogP contribution in [0.25, 0.3) is 5.65 Å². The molecular formula is C9H10ClN3O. The molecule has 0 aliphatic heterocycles. The summed E-state index contributed by atoms with van der Waals surface area (Å²) in [4.78, 5) is 3.97. The average Bonchev–Trinajstić information content (AvgIpc) is 2.41. The lowest BCUT2D eigenvalue weighted by molar-refractivity contribution is 0.0780. The topological polar surface area (TPSA) is 50.4 Å². The van der Waals surface area contributed by atoms with E-state index in [4.69, 9.17) is 11.6 Å². The van der Waals surface area contributed by atoms with Crippen LogP contribution in [0.15, 0.2) is 18.3 Å². The molecule has 4 nitrogen and oxygen atoms in total. The number of aliphatic hydroxyl groups is 1. The summed E-state index contributed by atoms with van der Waals surface area (Å²) in [6, 6.07) is 3.58. The highest BCUT2D eigenvalue weighted by atomic mass is 35.5. The first-order chi connectivity index (χ1) is 6.47. The molecule has 2 aromatic heterocycles. The van der Waals surface area contributed by atoms with Gasteiger partial charge in [-0.2, -0.15) is 4.98 Å². The minimum atomic E-state index is -0.882. The summed E-state index contributed by atoms with van der Waals surface area (Å²) in [6.07, 6.45) is 1.72. The van der Waals surface area contributed by atoms with Gasteiger partial charge in [-0.15, -0.1) is 5.10 Å². The number of hydrogen-bond donors (Lipinski definition) is 1. The van der Waals surface area contributed by atoms with E-state index in [1.165, 1.54) is 0 Å². The molecule has 0 saturated heterocycles. The third-order valence-electron chi connectivity index (χ3n) is 2.01. The fourth-order valence-electron chi connectivity index (χ4n) is 1.22. The Morgan fingerprint density at radius 3 is 2.79 bits per heavy atom. The summed E-state index contributed by atoms with van der Waals surface area (Å²) >= 11 is 5.64. The monoisotopic (exact) mass is 211 g/mol. The fraction of sp³-hybridized carbons (Fsp3) is 0.333. The van der Waals surface area contributed by atoms with E-state index in [1.807, 2.05) is 0 Å². The molecule has 0 bridgehead atoms. The number of aromatic nitrogens is 3. The summed E-state index contributed by atoms with van der Waals surface area (Å²) in [5.74, 6) is 0. The Kier molecular flexibility index (Phi) is 1.97. The van der Waals surface area contributed by atoms with Crippen molar-refractivity contribution in [2.45, 2.75) is 19.4 Å². The van der Waals surface area contributed by atoms with Crippen molar-refractivity contribution in [2.24, 2.45) is 0 Å². The highest BCUT2D eigenvalue weighted by Gasteiger charge is 2.16. The van der Waals surface area contributed by atoms with Crippen molar-refractivity contribution in [3.8, 4) is 0 Å². The van der Waals surface area contributed by atoms with E-state index < -0.39 is 5.60 Å². The zero-order valence-electron chi connectivity index (χ0n) is 7.90. The van der Waals surface area contributed by atoms with E-state index >= 15 is 0 Å². The second-order valence-electron chi connectivity index (χ2n) is 3.66. The Morgan fingerprint density at radius 1 is 1.43 bits per heavy atom. The van der Waals surface area contributed by atoms with E-state index in [2.05, 4.69) is 10.1 Å². The Hall–Kier alpha value is -1.13. The molecule has 0 spiro atoms. The molecule has 0 saturated carbocycles. The maximum Gasteiger partial charge on any atom is 0.243 e. The maximum absolute atomic E-state index is 9.76. The first-order valence-electron chi connectivity index (χ1n) is 4.21. The second kappa shape index (κ2) is 2.93. The molecule has 0 aliphatic rings. The van der Waals surface area contributed by atoms with Gasteiger partial charge in [0.15, 0.2) is 5.65 Å². The van der Waals surface area contributed by atoms with Crippen LogP contribution in [-0.2, 0) is 5.60 Å². The molecule has 0 atom stereocenters. The van der Waals surface area contributed by atoms with E-state index in [-0.39, 0.29) is 5.28 Å². The number of pyridine rings is 1. The SMILES string of the molecule is CC(C)(O)c1ccc2nc(Cl)nn2c1.